The molecule has 0 bridgehead atoms. The third kappa shape index (κ3) is 3.09. The van der Waals surface area contributed by atoms with Gasteiger partial charge >= 0.3 is 0 Å². The number of benzene rings is 2. The smallest absolute Gasteiger partial charge is 0.262 e. The molecule has 2 aromatic carbocycles. The van der Waals surface area contributed by atoms with Crippen LogP contribution < -0.4 is 0 Å². The Kier molecular flexibility index (Phi) is 4.13. The molecule has 0 saturated heterocycles. The summed E-state index contributed by atoms with van der Waals surface area (Å²) in [5.41, 5.74) is 3.88. The molecule has 0 aliphatic rings. The van der Waals surface area contributed by atoms with Gasteiger partial charge in [-0.1, -0.05) is 42.5 Å². The lowest BCUT2D eigenvalue weighted by Gasteiger charge is -2.03. The van der Waals surface area contributed by atoms with Crippen molar-refractivity contribution in [3.05, 3.63) is 102 Å². The van der Waals surface area contributed by atoms with Gasteiger partial charge in [-0.2, -0.15) is 0 Å². The molecular weight excluding hydrogens is 308 g/mol. The maximum absolute atomic E-state index is 12.9. The highest BCUT2D eigenvalue weighted by molar-refractivity contribution is 6.02. The molecular formula is C22H18N2O. The molecule has 0 radical (unpaired) electrons. The number of aryl methyl sites for hydroxylation is 2. The van der Waals surface area contributed by atoms with Crippen molar-refractivity contribution in [1.29, 1.82) is 0 Å². The summed E-state index contributed by atoms with van der Waals surface area (Å²) in [6.45, 7) is 0. The van der Waals surface area contributed by atoms with Gasteiger partial charge in [0.1, 0.15) is 0 Å². The number of aromatic nitrogens is 2. The number of rotatable bonds is 4. The average Bonchev–Trinajstić information content (AvgIpc) is 3.06. The molecule has 3 heteroatoms. The topological polar surface area (TPSA) is 34.9 Å². The highest BCUT2D eigenvalue weighted by atomic mass is 16.2. The lowest BCUT2D eigenvalue weighted by Crippen LogP contribution is -2.10. The number of para-hydroxylation sites is 1. The Morgan fingerprint density at radius 2 is 1.60 bits per heavy atom. The van der Waals surface area contributed by atoms with E-state index in [-0.39, 0.29) is 5.91 Å². The maximum Gasteiger partial charge on any atom is 0.262 e. The van der Waals surface area contributed by atoms with E-state index in [2.05, 4.69) is 11.1 Å². The Balaban J connectivity index is 1.70. The van der Waals surface area contributed by atoms with Gasteiger partial charge in [0.05, 0.1) is 5.52 Å². The number of nitrogens with zero attached hydrogens (tertiary/aromatic N) is 2. The van der Waals surface area contributed by atoms with Crippen molar-refractivity contribution in [3.8, 4) is 0 Å². The van der Waals surface area contributed by atoms with Gasteiger partial charge in [-0.3, -0.25) is 14.3 Å². The molecule has 0 unspecified atom stereocenters. The van der Waals surface area contributed by atoms with Gasteiger partial charge in [0.15, 0.2) is 0 Å². The van der Waals surface area contributed by atoms with Crippen LogP contribution in [-0.2, 0) is 12.8 Å². The largest absolute Gasteiger partial charge is 0.283 e. The van der Waals surface area contributed by atoms with Crippen LogP contribution in [0.25, 0.3) is 10.9 Å². The summed E-state index contributed by atoms with van der Waals surface area (Å²) in [6, 6.07) is 23.4. The quantitative estimate of drug-likeness (QED) is 0.553. The fourth-order valence-electron chi connectivity index (χ4n) is 3.15. The van der Waals surface area contributed by atoms with Gasteiger partial charge in [-0.05, 0) is 48.7 Å². The molecule has 25 heavy (non-hydrogen) atoms. The number of carbonyl (C=O) groups is 1. The first-order valence-electron chi connectivity index (χ1n) is 8.41. The van der Waals surface area contributed by atoms with Crippen LogP contribution in [0.2, 0.25) is 0 Å². The van der Waals surface area contributed by atoms with E-state index in [0.29, 0.717) is 5.56 Å². The fraction of sp³-hybridized carbons (Fsp3) is 0.0909. The molecule has 0 amide bonds. The van der Waals surface area contributed by atoms with Crippen LogP contribution in [0, 0.1) is 0 Å². The monoisotopic (exact) mass is 326 g/mol. The van der Waals surface area contributed by atoms with Crippen molar-refractivity contribution in [2.75, 3.05) is 0 Å². The van der Waals surface area contributed by atoms with Crippen LogP contribution in [0.15, 0.2) is 85.2 Å². The van der Waals surface area contributed by atoms with E-state index >= 15 is 0 Å². The third-order valence-electron chi connectivity index (χ3n) is 4.41. The highest BCUT2D eigenvalue weighted by Gasteiger charge is 2.14. The second-order valence-electron chi connectivity index (χ2n) is 6.03. The van der Waals surface area contributed by atoms with Crippen LogP contribution in [0.4, 0.5) is 0 Å². The standard InChI is InChI=1S/C22H18N2O/c25-22(17-8-2-1-3-9-17)24-16-18(20-11-4-5-12-21(20)24)13-14-19-10-6-7-15-23-19/h1-12,15-16H,13-14H2. The van der Waals surface area contributed by atoms with Gasteiger partial charge in [0.25, 0.3) is 5.91 Å². The Labute approximate surface area is 146 Å². The number of hydrogen-bond donors (Lipinski definition) is 0. The Morgan fingerprint density at radius 1 is 0.840 bits per heavy atom. The first-order valence-corrected chi connectivity index (χ1v) is 8.41. The molecule has 0 N–H and O–H groups in total. The third-order valence-corrected chi connectivity index (χ3v) is 4.41. The normalized spacial score (nSPS) is 10.9. The van der Waals surface area contributed by atoms with E-state index in [0.717, 1.165) is 29.4 Å². The molecule has 122 valence electrons. The minimum atomic E-state index is 0.000820. The summed E-state index contributed by atoms with van der Waals surface area (Å²) < 4.78 is 1.76. The van der Waals surface area contributed by atoms with Crippen LogP contribution in [0.5, 0.6) is 0 Å². The molecule has 0 aliphatic carbocycles. The second kappa shape index (κ2) is 6.73. The number of pyridine rings is 1. The summed E-state index contributed by atoms with van der Waals surface area (Å²) in [5.74, 6) is 0.000820. The lowest BCUT2D eigenvalue weighted by molar-refractivity contribution is 0.0965. The van der Waals surface area contributed by atoms with Crippen molar-refractivity contribution < 1.29 is 4.79 Å². The molecule has 4 aromatic rings. The van der Waals surface area contributed by atoms with Gasteiger partial charge in [0, 0.05) is 29.0 Å². The number of hydrogen-bond acceptors (Lipinski definition) is 2. The zero-order valence-electron chi connectivity index (χ0n) is 13.8. The molecule has 0 spiro atoms. The van der Waals surface area contributed by atoms with Crippen LogP contribution in [0.1, 0.15) is 21.6 Å². The van der Waals surface area contributed by atoms with Crippen molar-refractivity contribution in [3.63, 3.8) is 0 Å². The van der Waals surface area contributed by atoms with E-state index < -0.39 is 0 Å². The van der Waals surface area contributed by atoms with E-state index in [1.54, 1.807) is 4.57 Å². The fourth-order valence-corrected chi connectivity index (χ4v) is 3.15. The zero-order valence-corrected chi connectivity index (χ0v) is 13.8. The van der Waals surface area contributed by atoms with E-state index in [1.165, 1.54) is 5.56 Å². The summed E-state index contributed by atoms with van der Waals surface area (Å²) in [5, 5.41) is 1.13. The average molecular weight is 326 g/mol. The van der Waals surface area contributed by atoms with Crippen LogP contribution in [-0.4, -0.2) is 15.5 Å². The Bertz CT molecular complexity index is 1000. The maximum atomic E-state index is 12.9. The molecule has 0 saturated carbocycles. The van der Waals surface area contributed by atoms with E-state index in [4.69, 9.17) is 0 Å². The minimum Gasteiger partial charge on any atom is -0.283 e. The molecule has 0 aliphatic heterocycles. The predicted octanol–water partition coefficient (Wildman–Crippen LogP) is 4.51. The van der Waals surface area contributed by atoms with Crippen LogP contribution >= 0.6 is 0 Å². The molecule has 0 atom stereocenters. The van der Waals surface area contributed by atoms with Gasteiger partial charge < -0.3 is 0 Å². The summed E-state index contributed by atoms with van der Waals surface area (Å²) in [6.07, 6.45) is 5.50. The SMILES string of the molecule is O=C(c1ccccc1)n1cc(CCc2ccccn2)c2ccccc21. The predicted molar refractivity (Wildman–Crippen MR) is 99.8 cm³/mol. The van der Waals surface area contributed by atoms with Crippen molar-refractivity contribution in [2.45, 2.75) is 12.8 Å². The Hall–Kier alpha value is -3.20. The minimum absolute atomic E-state index is 0.000820. The molecule has 2 heterocycles. The van der Waals surface area contributed by atoms with Crippen molar-refractivity contribution in [2.24, 2.45) is 0 Å². The molecule has 2 aromatic heterocycles. The van der Waals surface area contributed by atoms with Gasteiger partial charge in [-0.25, -0.2) is 0 Å². The summed E-state index contributed by atoms with van der Waals surface area (Å²) >= 11 is 0. The van der Waals surface area contributed by atoms with Gasteiger partial charge in [-0.15, -0.1) is 0 Å². The highest BCUT2D eigenvalue weighted by Crippen LogP contribution is 2.23. The summed E-state index contributed by atoms with van der Waals surface area (Å²) in [4.78, 5) is 17.3. The van der Waals surface area contributed by atoms with Crippen LogP contribution in [0.3, 0.4) is 0 Å². The Morgan fingerprint density at radius 3 is 2.40 bits per heavy atom. The molecule has 4 rings (SSSR count). The number of fused-ring (bicyclic) bond motifs is 1. The van der Waals surface area contributed by atoms with E-state index in [9.17, 15) is 4.79 Å². The zero-order chi connectivity index (χ0) is 17.1. The molecule has 3 nitrogen and oxygen atoms in total. The van der Waals surface area contributed by atoms with Crippen molar-refractivity contribution >= 4 is 16.8 Å². The second-order valence-corrected chi connectivity index (χ2v) is 6.03. The lowest BCUT2D eigenvalue weighted by atomic mass is 10.1. The summed E-state index contributed by atoms with van der Waals surface area (Å²) in [7, 11) is 0. The van der Waals surface area contributed by atoms with Gasteiger partial charge in [0.2, 0.25) is 0 Å². The molecule has 0 fully saturated rings. The van der Waals surface area contributed by atoms with E-state index in [1.807, 2.05) is 79.1 Å². The number of carbonyl (C=O) groups excluding carboxylic acids is 1. The van der Waals surface area contributed by atoms with Crippen molar-refractivity contribution in [1.82, 2.24) is 9.55 Å². The first kappa shape index (κ1) is 15.3. The first-order chi connectivity index (χ1) is 12.3.